The molecule has 2 N–H and O–H groups in total. The third kappa shape index (κ3) is 4.13. The predicted molar refractivity (Wildman–Crippen MR) is 65.6 cm³/mol. The molecule has 1 aliphatic rings. The van der Waals surface area contributed by atoms with Gasteiger partial charge in [-0.3, -0.25) is 0 Å². The second-order valence-corrected chi connectivity index (χ2v) is 4.59. The molecule has 0 bridgehead atoms. The summed E-state index contributed by atoms with van der Waals surface area (Å²) in [6.45, 7) is 0.450. The molecule has 0 aromatic carbocycles. The third-order valence-corrected chi connectivity index (χ3v) is 3.19. The van der Waals surface area contributed by atoms with E-state index in [0.29, 0.717) is 12.6 Å². The van der Waals surface area contributed by atoms with E-state index in [2.05, 4.69) is 10.6 Å². The molecule has 0 spiro atoms. The highest BCUT2D eigenvalue weighted by atomic mass is 16.3. The van der Waals surface area contributed by atoms with Gasteiger partial charge in [0.1, 0.15) is 5.76 Å². The lowest BCUT2D eigenvalue weighted by Gasteiger charge is -2.16. The maximum Gasteiger partial charge on any atom is 0.315 e. The van der Waals surface area contributed by atoms with Gasteiger partial charge in [0.05, 0.1) is 12.8 Å². The first kappa shape index (κ1) is 12.0. The predicted octanol–water partition coefficient (Wildman–Crippen LogP) is 2.80. The highest BCUT2D eigenvalue weighted by molar-refractivity contribution is 5.74. The molecular weight excluding hydrogens is 216 g/mol. The van der Waals surface area contributed by atoms with E-state index in [-0.39, 0.29) is 6.03 Å². The van der Waals surface area contributed by atoms with Crippen LogP contribution in [-0.2, 0) is 6.54 Å². The fourth-order valence-corrected chi connectivity index (χ4v) is 2.24. The van der Waals surface area contributed by atoms with Gasteiger partial charge in [0.25, 0.3) is 0 Å². The lowest BCUT2D eigenvalue weighted by atomic mass is 10.1. The average Bonchev–Trinajstić information content (AvgIpc) is 2.72. The van der Waals surface area contributed by atoms with Crippen molar-refractivity contribution in [2.75, 3.05) is 0 Å². The van der Waals surface area contributed by atoms with Crippen LogP contribution in [0.3, 0.4) is 0 Å². The minimum absolute atomic E-state index is 0.0895. The standard InChI is InChI=1S/C13H20N2O2/c16-13(14-10-12-8-5-9-17-12)15-11-6-3-1-2-4-7-11/h5,8-9,11H,1-4,6-7,10H2,(H2,14,15,16). The van der Waals surface area contributed by atoms with E-state index >= 15 is 0 Å². The Labute approximate surface area is 102 Å². The number of hydrogen-bond acceptors (Lipinski definition) is 2. The molecule has 2 rings (SSSR count). The van der Waals surface area contributed by atoms with Gasteiger partial charge in [-0.05, 0) is 25.0 Å². The fourth-order valence-electron chi connectivity index (χ4n) is 2.24. The molecular formula is C13H20N2O2. The monoisotopic (exact) mass is 236 g/mol. The van der Waals surface area contributed by atoms with Gasteiger partial charge in [0.15, 0.2) is 0 Å². The fraction of sp³-hybridized carbons (Fsp3) is 0.615. The number of urea groups is 1. The Bertz CT molecular complexity index is 327. The Morgan fingerprint density at radius 2 is 2.06 bits per heavy atom. The van der Waals surface area contributed by atoms with Crippen molar-refractivity contribution in [1.82, 2.24) is 10.6 Å². The minimum atomic E-state index is -0.0895. The summed E-state index contributed by atoms with van der Waals surface area (Å²) in [7, 11) is 0. The van der Waals surface area contributed by atoms with Crippen molar-refractivity contribution in [3.05, 3.63) is 24.2 Å². The molecule has 17 heavy (non-hydrogen) atoms. The number of carbonyl (C=O) groups excluding carboxylic acids is 1. The first-order valence-electron chi connectivity index (χ1n) is 6.41. The van der Waals surface area contributed by atoms with Crippen LogP contribution in [-0.4, -0.2) is 12.1 Å². The molecule has 4 heteroatoms. The number of rotatable bonds is 3. The zero-order valence-electron chi connectivity index (χ0n) is 10.1. The summed E-state index contributed by atoms with van der Waals surface area (Å²) in [5, 5.41) is 5.84. The Hall–Kier alpha value is -1.45. The summed E-state index contributed by atoms with van der Waals surface area (Å²) >= 11 is 0. The molecule has 0 saturated heterocycles. The first-order valence-corrected chi connectivity index (χ1v) is 6.41. The van der Waals surface area contributed by atoms with Crippen LogP contribution in [0.2, 0.25) is 0 Å². The Morgan fingerprint density at radius 1 is 1.29 bits per heavy atom. The number of hydrogen-bond donors (Lipinski definition) is 2. The molecule has 4 nitrogen and oxygen atoms in total. The van der Waals surface area contributed by atoms with Crippen molar-refractivity contribution in [2.45, 2.75) is 51.1 Å². The van der Waals surface area contributed by atoms with Crippen molar-refractivity contribution in [3.8, 4) is 0 Å². The van der Waals surface area contributed by atoms with Crippen LogP contribution in [0.15, 0.2) is 22.8 Å². The quantitative estimate of drug-likeness (QED) is 0.793. The largest absolute Gasteiger partial charge is 0.467 e. The van der Waals surface area contributed by atoms with Gasteiger partial charge >= 0.3 is 6.03 Å². The van der Waals surface area contributed by atoms with E-state index in [0.717, 1.165) is 18.6 Å². The topological polar surface area (TPSA) is 54.3 Å². The molecule has 1 aliphatic carbocycles. The molecule has 0 unspecified atom stereocenters. The van der Waals surface area contributed by atoms with Gasteiger partial charge in [-0.25, -0.2) is 4.79 Å². The second-order valence-electron chi connectivity index (χ2n) is 4.59. The van der Waals surface area contributed by atoms with Gasteiger partial charge in [-0.15, -0.1) is 0 Å². The maximum atomic E-state index is 11.7. The Morgan fingerprint density at radius 3 is 2.71 bits per heavy atom. The number of amides is 2. The Balaban J connectivity index is 1.69. The third-order valence-electron chi connectivity index (χ3n) is 3.19. The number of furan rings is 1. The summed E-state index contributed by atoms with van der Waals surface area (Å²) < 4.78 is 5.15. The maximum absolute atomic E-state index is 11.7. The highest BCUT2D eigenvalue weighted by Crippen LogP contribution is 2.16. The van der Waals surface area contributed by atoms with Crippen LogP contribution in [0.5, 0.6) is 0 Å². The molecule has 1 fully saturated rings. The van der Waals surface area contributed by atoms with Crippen LogP contribution in [0, 0.1) is 0 Å². The van der Waals surface area contributed by atoms with Gasteiger partial charge in [-0.2, -0.15) is 0 Å². The smallest absolute Gasteiger partial charge is 0.315 e. The van der Waals surface area contributed by atoms with Gasteiger partial charge < -0.3 is 15.1 Å². The van der Waals surface area contributed by atoms with E-state index < -0.39 is 0 Å². The van der Waals surface area contributed by atoms with Gasteiger partial charge in [-0.1, -0.05) is 25.7 Å². The number of nitrogens with one attached hydrogen (secondary N) is 2. The lowest BCUT2D eigenvalue weighted by Crippen LogP contribution is -2.41. The van der Waals surface area contributed by atoms with Crippen molar-refractivity contribution in [1.29, 1.82) is 0 Å². The normalized spacial score (nSPS) is 17.4. The van der Waals surface area contributed by atoms with E-state index in [1.165, 1.54) is 25.7 Å². The Kier molecular flexibility index (Phi) is 4.47. The molecule has 1 saturated carbocycles. The van der Waals surface area contributed by atoms with Crippen LogP contribution < -0.4 is 10.6 Å². The molecule has 0 atom stereocenters. The van der Waals surface area contributed by atoms with Crippen molar-refractivity contribution in [3.63, 3.8) is 0 Å². The highest BCUT2D eigenvalue weighted by Gasteiger charge is 2.14. The average molecular weight is 236 g/mol. The van der Waals surface area contributed by atoms with Crippen molar-refractivity contribution < 1.29 is 9.21 Å². The molecule has 94 valence electrons. The first-order chi connectivity index (χ1) is 8.34. The molecule has 1 heterocycles. The SMILES string of the molecule is O=C(NCc1ccco1)NC1CCCCCC1. The molecule has 1 aromatic heterocycles. The molecule has 0 radical (unpaired) electrons. The van der Waals surface area contributed by atoms with E-state index in [1.54, 1.807) is 6.26 Å². The number of carbonyl (C=O) groups is 1. The van der Waals surface area contributed by atoms with E-state index in [4.69, 9.17) is 4.42 Å². The van der Waals surface area contributed by atoms with Crippen LogP contribution in [0.25, 0.3) is 0 Å². The second kappa shape index (κ2) is 6.33. The van der Waals surface area contributed by atoms with Gasteiger partial charge in [0.2, 0.25) is 0 Å². The summed E-state index contributed by atoms with van der Waals surface area (Å²) in [6.07, 6.45) is 8.87. The lowest BCUT2D eigenvalue weighted by molar-refractivity contribution is 0.234. The van der Waals surface area contributed by atoms with Crippen LogP contribution >= 0.6 is 0 Å². The van der Waals surface area contributed by atoms with E-state index in [1.807, 2.05) is 12.1 Å². The molecule has 1 aromatic rings. The minimum Gasteiger partial charge on any atom is -0.467 e. The zero-order valence-corrected chi connectivity index (χ0v) is 10.1. The molecule has 2 amide bonds. The molecule has 0 aliphatic heterocycles. The summed E-state index contributed by atoms with van der Waals surface area (Å²) in [4.78, 5) is 11.7. The summed E-state index contributed by atoms with van der Waals surface area (Å²) in [5.41, 5.74) is 0. The van der Waals surface area contributed by atoms with Crippen molar-refractivity contribution >= 4 is 6.03 Å². The summed E-state index contributed by atoms with van der Waals surface area (Å²) in [6, 6.07) is 3.92. The van der Waals surface area contributed by atoms with E-state index in [9.17, 15) is 4.79 Å². The zero-order chi connectivity index (χ0) is 11.9. The van der Waals surface area contributed by atoms with Crippen molar-refractivity contribution in [2.24, 2.45) is 0 Å². The van der Waals surface area contributed by atoms with Crippen LogP contribution in [0.1, 0.15) is 44.3 Å². The van der Waals surface area contributed by atoms with Crippen LogP contribution in [0.4, 0.5) is 4.79 Å². The van der Waals surface area contributed by atoms with Gasteiger partial charge in [0, 0.05) is 6.04 Å². The summed E-state index contributed by atoms with van der Waals surface area (Å²) in [5.74, 6) is 0.779.